The number of nitrogens with one attached hydrogen (secondary N) is 4. The number of carbonyl (C=O) groups is 3. The Bertz CT molecular complexity index is 796. The third-order valence-corrected chi connectivity index (χ3v) is 3.35. The molecule has 0 saturated carbocycles. The predicted octanol–water partition coefficient (Wildman–Crippen LogP) is 2.26. The highest BCUT2D eigenvalue weighted by atomic mass is 16.3. The van der Waals surface area contributed by atoms with Gasteiger partial charge in [-0.2, -0.15) is 0 Å². The summed E-state index contributed by atoms with van der Waals surface area (Å²) in [6, 6.07) is 7.78. The minimum absolute atomic E-state index is 0.173. The number of hydrogen-bond donors (Lipinski definition) is 4. The molecule has 0 aliphatic heterocycles. The normalized spacial score (nSPS) is 9.88. The predicted molar refractivity (Wildman–Crippen MR) is 98.1 cm³/mol. The Labute approximate surface area is 150 Å². The van der Waals surface area contributed by atoms with Crippen LogP contribution in [0.2, 0.25) is 0 Å². The molecule has 0 unspecified atom stereocenters. The van der Waals surface area contributed by atoms with Crippen LogP contribution in [0.5, 0.6) is 0 Å². The molecule has 136 valence electrons. The standard InChI is InChI=1S/C18H20N4O4/c1-3-9-19-18(25)22-14-6-4-13(5-7-14)21-16(23)11-20-17(24)15-8-10-26-12(15)2/h3-8,10H,1,9,11H2,2H3,(H,20,24)(H,21,23)(H2,19,22,25). The van der Waals surface area contributed by atoms with Gasteiger partial charge in [0.05, 0.1) is 18.4 Å². The molecule has 2 rings (SSSR count). The number of aryl methyl sites for hydroxylation is 1. The van der Waals surface area contributed by atoms with E-state index in [0.717, 1.165) is 0 Å². The van der Waals surface area contributed by atoms with Crippen molar-refractivity contribution < 1.29 is 18.8 Å². The molecule has 8 nitrogen and oxygen atoms in total. The van der Waals surface area contributed by atoms with E-state index < -0.39 is 0 Å². The van der Waals surface area contributed by atoms with Crippen LogP contribution >= 0.6 is 0 Å². The van der Waals surface area contributed by atoms with Gasteiger partial charge in [-0.15, -0.1) is 6.58 Å². The van der Waals surface area contributed by atoms with E-state index in [9.17, 15) is 14.4 Å². The highest BCUT2D eigenvalue weighted by Gasteiger charge is 2.12. The number of carbonyl (C=O) groups excluding carboxylic acids is 3. The van der Waals surface area contributed by atoms with E-state index in [0.29, 0.717) is 29.2 Å². The Balaban J connectivity index is 1.80. The lowest BCUT2D eigenvalue weighted by atomic mass is 10.2. The summed E-state index contributed by atoms with van der Waals surface area (Å²) in [7, 11) is 0. The fraction of sp³-hybridized carbons (Fsp3) is 0.167. The van der Waals surface area contributed by atoms with Gasteiger partial charge in [-0.3, -0.25) is 9.59 Å². The molecular formula is C18H20N4O4. The van der Waals surface area contributed by atoms with Crippen molar-refractivity contribution in [3.8, 4) is 0 Å². The summed E-state index contributed by atoms with van der Waals surface area (Å²) in [5, 5.41) is 10.4. The van der Waals surface area contributed by atoms with E-state index in [-0.39, 0.29) is 24.4 Å². The molecule has 0 aliphatic rings. The van der Waals surface area contributed by atoms with Crippen LogP contribution in [-0.2, 0) is 4.79 Å². The Morgan fingerprint density at radius 3 is 2.27 bits per heavy atom. The average Bonchev–Trinajstić information content (AvgIpc) is 3.05. The van der Waals surface area contributed by atoms with Crippen molar-refractivity contribution in [2.75, 3.05) is 23.7 Å². The minimum atomic E-state index is -0.378. The maximum absolute atomic E-state index is 11.9. The number of furan rings is 1. The monoisotopic (exact) mass is 356 g/mol. The molecule has 4 N–H and O–H groups in total. The second kappa shape index (κ2) is 9.07. The van der Waals surface area contributed by atoms with Crippen LogP contribution in [0.3, 0.4) is 0 Å². The van der Waals surface area contributed by atoms with Crippen molar-refractivity contribution in [1.29, 1.82) is 0 Å². The molecule has 8 heteroatoms. The molecule has 0 saturated heterocycles. The molecule has 1 aromatic carbocycles. The average molecular weight is 356 g/mol. The molecule has 0 radical (unpaired) electrons. The summed E-state index contributed by atoms with van der Waals surface area (Å²) in [6.07, 6.45) is 2.99. The highest BCUT2D eigenvalue weighted by Crippen LogP contribution is 2.13. The van der Waals surface area contributed by atoms with Crippen LogP contribution in [0.15, 0.2) is 53.7 Å². The lowest BCUT2D eigenvalue weighted by molar-refractivity contribution is -0.115. The Morgan fingerprint density at radius 2 is 1.69 bits per heavy atom. The Morgan fingerprint density at radius 1 is 1.04 bits per heavy atom. The molecule has 0 atom stereocenters. The summed E-state index contributed by atoms with van der Waals surface area (Å²) in [6.45, 7) is 5.37. The van der Waals surface area contributed by atoms with Gasteiger partial charge < -0.3 is 25.7 Å². The smallest absolute Gasteiger partial charge is 0.319 e. The zero-order valence-electron chi connectivity index (χ0n) is 14.3. The molecule has 1 heterocycles. The van der Waals surface area contributed by atoms with E-state index in [2.05, 4.69) is 27.8 Å². The van der Waals surface area contributed by atoms with Gasteiger partial charge in [0, 0.05) is 17.9 Å². The van der Waals surface area contributed by atoms with Gasteiger partial charge in [0.25, 0.3) is 5.91 Å². The van der Waals surface area contributed by atoms with Crippen molar-refractivity contribution in [2.24, 2.45) is 0 Å². The molecular weight excluding hydrogens is 336 g/mol. The van der Waals surface area contributed by atoms with Gasteiger partial charge in [0.2, 0.25) is 5.91 Å². The third-order valence-electron chi connectivity index (χ3n) is 3.35. The minimum Gasteiger partial charge on any atom is -0.469 e. The number of amides is 4. The van der Waals surface area contributed by atoms with E-state index in [1.54, 1.807) is 43.3 Å². The summed E-state index contributed by atoms with van der Waals surface area (Å²) in [5.41, 5.74) is 1.51. The lowest BCUT2D eigenvalue weighted by Gasteiger charge is -2.09. The fourth-order valence-electron chi connectivity index (χ4n) is 2.06. The van der Waals surface area contributed by atoms with Crippen molar-refractivity contribution >= 4 is 29.2 Å². The second-order valence-corrected chi connectivity index (χ2v) is 5.32. The van der Waals surface area contributed by atoms with Crippen molar-refractivity contribution in [3.05, 3.63) is 60.6 Å². The first-order valence-corrected chi connectivity index (χ1v) is 7.87. The van der Waals surface area contributed by atoms with Crippen LogP contribution in [0.1, 0.15) is 16.1 Å². The Kier molecular flexibility index (Phi) is 6.55. The molecule has 2 aromatic rings. The van der Waals surface area contributed by atoms with Gasteiger partial charge in [0.1, 0.15) is 5.76 Å². The topological polar surface area (TPSA) is 112 Å². The van der Waals surface area contributed by atoms with Gasteiger partial charge in [-0.05, 0) is 37.3 Å². The quantitative estimate of drug-likeness (QED) is 0.570. The maximum Gasteiger partial charge on any atom is 0.319 e. The molecule has 0 bridgehead atoms. The van der Waals surface area contributed by atoms with Gasteiger partial charge >= 0.3 is 6.03 Å². The third kappa shape index (κ3) is 5.52. The summed E-state index contributed by atoms with van der Waals surface area (Å²) in [4.78, 5) is 35.3. The molecule has 0 spiro atoms. The second-order valence-electron chi connectivity index (χ2n) is 5.32. The zero-order valence-corrected chi connectivity index (χ0v) is 14.3. The molecule has 4 amide bonds. The molecule has 1 aromatic heterocycles. The largest absolute Gasteiger partial charge is 0.469 e. The first-order chi connectivity index (χ1) is 12.5. The van der Waals surface area contributed by atoms with E-state index >= 15 is 0 Å². The first-order valence-electron chi connectivity index (χ1n) is 7.87. The molecule has 0 aliphatic carbocycles. The molecule has 26 heavy (non-hydrogen) atoms. The van der Waals surface area contributed by atoms with Crippen molar-refractivity contribution in [2.45, 2.75) is 6.92 Å². The van der Waals surface area contributed by atoms with Gasteiger partial charge in [0.15, 0.2) is 0 Å². The van der Waals surface area contributed by atoms with E-state index in [4.69, 9.17) is 4.42 Å². The van der Waals surface area contributed by atoms with Gasteiger partial charge in [-0.25, -0.2) is 4.79 Å². The maximum atomic E-state index is 11.9. The number of urea groups is 1. The first kappa shape index (κ1) is 18.8. The number of rotatable bonds is 7. The Hall–Kier alpha value is -3.55. The summed E-state index contributed by atoms with van der Waals surface area (Å²) >= 11 is 0. The van der Waals surface area contributed by atoms with Crippen molar-refractivity contribution in [3.63, 3.8) is 0 Å². The van der Waals surface area contributed by atoms with E-state index in [1.165, 1.54) is 6.26 Å². The van der Waals surface area contributed by atoms with Crippen LogP contribution < -0.4 is 21.3 Å². The van der Waals surface area contributed by atoms with Crippen LogP contribution in [-0.4, -0.2) is 30.9 Å². The van der Waals surface area contributed by atoms with Crippen LogP contribution in [0.4, 0.5) is 16.2 Å². The number of hydrogen-bond acceptors (Lipinski definition) is 4. The molecule has 0 fully saturated rings. The van der Waals surface area contributed by atoms with E-state index in [1.807, 2.05) is 0 Å². The van der Waals surface area contributed by atoms with Crippen LogP contribution in [0.25, 0.3) is 0 Å². The lowest BCUT2D eigenvalue weighted by Crippen LogP contribution is -2.33. The highest BCUT2D eigenvalue weighted by molar-refractivity contribution is 6.00. The number of benzene rings is 1. The zero-order chi connectivity index (χ0) is 18.9. The number of anilines is 2. The summed E-state index contributed by atoms with van der Waals surface area (Å²) in [5.74, 6) is -0.261. The summed E-state index contributed by atoms with van der Waals surface area (Å²) < 4.78 is 5.05. The van der Waals surface area contributed by atoms with Crippen molar-refractivity contribution in [1.82, 2.24) is 10.6 Å². The van der Waals surface area contributed by atoms with Crippen LogP contribution in [0, 0.1) is 6.92 Å². The SMILES string of the molecule is C=CCNC(=O)Nc1ccc(NC(=O)CNC(=O)c2ccoc2C)cc1. The van der Waals surface area contributed by atoms with Gasteiger partial charge in [-0.1, -0.05) is 6.08 Å². The fourth-order valence-corrected chi connectivity index (χ4v) is 2.06.